The number of nitrogens with two attached hydrogens (primary N) is 1. The number of hydrogen-bond acceptors (Lipinski definition) is 2. The van der Waals surface area contributed by atoms with Crippen molar-refractivity contribution in [2.24, 2.45) is 17.6 Å². The summed E-state index contributed by atoms with van der Waals surface area (Å²) in [6.45, 7) is 5.46. The standard InChI is InChI=1S/C13H16BrFN2OS/c1-6(2)11(12(16)19)13(18)17-10-5-8(14)9(15)4-7(10)3/h4-6,11H,1-3H3,(H2,16,19)(H,17,18). The highest BCUT2D eigenvalue weighted by atomic mass is 79.9. The van der Waals surface area contributed by atoms with E-state index >= 15 is 0 Å². The van der Waals surface area contributed by atoms with Gasteiger partial charge in [0.25, 0.3) is 0 Å². The molecule has 0 saturated carbocycles. The number of amides is 1. The minimum absolute atomic E-state index is 0.00157. The van der Waals surface area contributed by atoms with Gasteiger partial charge in [-0.3, -0.25) is 4.79 Å². The lowest BCUT2D eigenvalue weighted by molar-refractivity contribution is -0.118. The zero-order chi connectivity index (χ0) is 14.7. The highest BCUT2D eigenvalue weighted by molar-refractivity contribution is 9.10. The Hall–Kier alpha value is -1.01. The molecule has 0 heterocycles. The van der Waals surface area contributed by atoms with Crippen molar-refractivity contribution in [3.63, 3.8) is 0 Å². The lowest BCUT2D eigenvalue weighted by atomic mass is 9.95. The zero-order valence-corrected chi connectivity index (χ0v) is 13.4. The van der Waals surface area contributed by atoms with Crippen LogP contribution in [-0.4, -0.2) is 10.9 Å². The number of nitrogens with one attached hydrogen (secondary N) is 1. The van der Waals surface area contributed by atoms with Gasteiger partial charge in [0, 0.05) is 5.69 Å². The topological polar surface area (TPSA) is 55.1 Å². The van der Waals surface area contributed by atoms with E-state index in [2.05, 4.69) is 21.2 Å². The van der Waals surface area contributed by atoms with E-state index in [9.17, 15) is 9.18 Å². The van der Waals surface area contributed by atoms with Gasteiger partial charge in [-0.25, -0.2) is 4.39 Å². The number of benzene rings is 1. The molecule has 3 N–H and O–H groups in total. The minimum atomic E-state index is -0.543. The molecule has 19 heavy (non-hydrogen) atoms. The molecule has 0 aliphatic rings. The molecule has 1 unspecified atom stereocenters. The zero-order valence-electron chi connectivity index (χ0n) is 11.0. The molecule has 6 heteroatoms. The molecular weight excluding hydrogens is 331 g/mol. The lowest BCUT2D eigenvalue weighted by Gasteiger charge is -2.19. The largest absolute Gasteiger partial charge is 0.393 e. The van der Waals surface area contributed by atoms with Crippen LogP contribution < -0.4 is 11.1 Å². The van der Waals surface area contributed by atoms with Gasteiger partial charge in [-0.15, -0.1) is 0 Å². The van der Waals surface area contributed by atoms with Gasteiger partial charge in [-0.1, -0.05) is 26.1 Å². The predicted octanol–water partition coefficient (Wildman–Crippen LogP) is 3.39. The Balaban J connectivity index is 2.99. The van der Waals surface area contributed by atoms with Crippen LogP contribution in [0.5, 0.6) is 0 Å². The Morgan fingerprint density at radius 2 is 2.05 bits per heavy atom. The van der Waals surface area contributed by atoms with E-state index in [1.807, 2.05) is 13.8 Å². The second-order valence-electron chi connectivity index (χ2n) is 4.69. The first kappa shape index (κ1) is 16.0. The maximum absolute atomic E-state index is 13.3. The molecule has 104 valence electrons. The maximum atomic E-state index is 13.3. The van der Waals surface area contributed by atoms with Crippen LogP contribution in [-0.2, 0) is 4.79 Å². The van der Waals surface area contributed by atoms with Crippen molar-refractivity contribution < 1.29 is 9.18 Å². The van der Waals surface area contributed by atoms with Crippen LogP contribution in [0.25, 0.3) is 0 Å². The van der Waals surface area contributed by atoms with Crippen LogP contribution in [0.4, 0.5) is 10.1 Å². The number of halogens is 2. The molecule has 0 saturated heterocycles. The summed E-state index contributed by atoms with van der Waals surface area (Å²) in [6.07, 6.45) is 0. The Kier molecular flexibility index (Phi) is 5.43. The SMILES string of the molecule is Cc1cc(F)c(Br)cc1NC(=O)C(C(N)=S)C(C)C. The second-order valence-corrected chi connectivity index (χ2v) is 6.02. The van der Waals surface area contributed by atoms with Crippen LogP contribution in [0.1, 0.15) is 19.4 Å². The quantitative estimate of drug-likeness (QED) is 0.821. The summed E-state index contributed by atoms with van der Waals surface area (Å²) >= 11 is 8.00. The fraction of sp³-hybridized carbons (Fsp3) is 0.385. The summed E-state index contributed by atoms with van der Waals surface area (Å²) in [4.78, 5) is 12.3. The van der Waals surface area contributed by atoms with Gasteiger partial charge >= 0.3 is 0 Å². The van der Waals surface area contributed by atoms with Crippen molar-refractivity contribution >= 4 is 44.7 Å². The van der Waals surface area contributed by atoms with Gasteiger partial charge < -0.3 is 11.1 Å². The van der Waals surface area contributed by atoms with Crippen LogP contribution in [0, 0.1) is 24.6 Å². The van der Waals surface area contributed by atoms with E-state index < -0.39 is 5.92 Å². The van der Waals surface area contributed by atoms with Crippen molar-refractivity contribution in [3.05, 3.63) is 28.0 Å². The molecule has 0 radical (unpaired) electrons. The van der Waals surface area contributed by atoms with Crippen LogP contribution in [0.3, 0.4) is 0 Å². The van der Waals surface area contributed by atoms with Crippen molar-refractivity contribution in [2.75, 3.05) is 5.32 Å². The molecule has 1 aromatic carbocycles. The normalized spacial score (nSPS) is 12.3. The fourth-order valence-electron chi connectivity index (χ4n) is 1.75. The van der Waals surface area contributed by atoms with Gasteiger partial charge in [-0.05, 0) is 46.5 Å². The average Bonchev–Trinajstić information content (AvgIpc) is 2.24. The number of aryl methyl sites for hydroxylation is 1. The third-order valence-electron chi connectivity index (χ3n) is 2.78. The molecule has 1 rings (SSSR count). The Morgan fingerprint density at radius 3 is 2.53 bits per heavy atom. The van der Waals surface area contributed by atoms with Crippen LogP contribution in [0.2, 0.25) is 0 Å². The van der Waals surface area contributed by atoms with Gasteiger partial charge in [0.1, 0.15) is 5.82 Å². The van der Waals surface area contributed by atoms with Crippen molar-refractivity contribution in [3.8, 4) is 0 Å². The molecule has 0 bridgehead atoms. The Bertz CT molecular complexity index is 520. The van der Waals surface area contributed by atoms with Crippen LogP contribution in [0.15, 0.2) is 16.6 Å². The summed E-state index contributed by atoms with van der Waals surface area (Å²) in [5.41, 5.74) is 6.77. The van der Waals surface area contributed by atoms with Crippen molar-refractivity contribution in [1.82, 2.24) is 0 Å². The van der Waals surface area contributed by atoms with Crippen molar-refractivity contribution in [1.29, 1.82) is 0 Å². The highest BCUT2D eigenvalue weighted by Crippen LogP contribution is 2.25. The minimum Gasteiger partial charge on any atom is -0.393 e. The fourth-order valence-corrected chi connectivity index (χ4v) is 2.47. The van der Waals surface area contributed by atoms with Crippen LogP contribution >= 0.6 is 28.1 Å². The summed E-state index contributed by atoms with van der Waals surface area (Å²) in [5, 5.41) is 2.74. The van der Waals surface area contributed by atoms with E-state index in [0.717, 1.165) is 0 Å². The number of anilines is 1. The van der Waals surface area contributed by atoms with E-state index in [0.29, 0.717) is 15.7 Å². The van der Waals surface area contributed by atoms with E-state index in [1.165, 1.54) is 12.1 Å². The number of carbonyl (C=O) groups is 1. The third-order valence-corrected chi connectivity index (χ3v) is 3.64. The summed E-state index contributed by atoms with van der Waals surface area (Å²) in [7, 11) is 0. The number of hydrogen-bond donors (Lipinski definition) is 2. The first-order valence-electron chi connectivity index (χ1n) is 5.79. The number of rotatable bonds is 4. The molecule has 0 spiro atoms. The lowest BCUT2D eigenvalue weighted by Crippen LogP contribution is -2.36. The third kappa shape index (κ3) is 3.98. The maximum Gasteiger partial charge on any atom is 0.234 e. The molecule has 0 aliphatic carbocycles. The predicted molar refractivity (Wildman–Crippen MR) is 82.6 cm³/mol. The first-order valence-corrected chi connectivity index (χ1v) is 7.00. The van der Waals surface area contributed by atoms with Gasteiger partial charge in [0.05, 0.1) is 15.4 Å². The number of carbonyl (C=O) groups excluding carboxylic acids is 1. The average molecular weight is 347 g/mol. The molecule has 1 atom stereocenters. The van der Waals surface area contributed by atoms with Crippen molar-refractivity contribution in [2.45, 2.75) is 20.8 Å². The second kappa shape index (κ2) is 6.43. The molecular formula is C13H16BrFN2OS. The monoisotopic (exact) mass is 346 g/mol. The summed E-state index contributed by atoms with van der Waals surface area (Å²) in [6, 6.07) is 2.88. The van der Waals surface area contributed by atoms with E-state index in [-0.39, 0.29) is 22.6 Å². The molecule has 0 fully saturated rings. The summed E-state index contributed by atoms with van der Waals surface area (Å²) in [5.74, 6) is -1.19. The molecule has 0 aromatic heterocycles. The Labute approximate surface area is 125 Å². The summed E-state index contributed by atoms with van der Waals surface area (Å²) < 4.78 is 13.6. The molecule has 3 nitrogen and oxygen atoms in total. The van der Waals surface area contributed by atoms with E-state index in [4.69, 9.17) is 18.0 Å². The Morgan fingerprint density at radius 1 is 1.47 bits per heavy atom. The first-order chi connectivity index (χ1) is 8.73. The smallest absolute Gasteiger partial charge is 0.234 e. The molecule has 1 amide bonds. The molecule has 1 aromatic rings. The van der Waals surface area contributed by atoms with Gasteiger partial charge in [0.2, 0.25) is 5.91 Å². The van der Waals surface area contributed by atoms with Gasteiger partial charge in [0.15, 0.2) is 0 Å². The van der Waals surface area contributed by atoms with E-state index in [1.54, 1.807) is 6.92 Å². The number of thiocarbonyl (C=S) groups is 1. The van der Waals surface area contributed by atoms with Gasteiger partial charge in [-0.2, -0.15) is 0 Å². The molecule has 0 aliphatic heterocycles. The highest BCUT2D eigenvalue weighted by Gasteiger charge is 2.25.